The van der Waals surface area contributed by atoms with Gasteiger partial charge in [-0.05, 0) is 38.0 Å². The minimum absolute atomic E-state index is 0.00704. The van der Waals surface area contributed by atoms with Crippen LogP contribution in [-0.4, -0.2) is 26.8 Å². The predicted octanol–water partition coefficient (Wildman–Crippen LogP) is 4.16. The van der Waals surface area contributed by atoms with Crippen LogP contribution in [0.5, 0.6) is 0 Å². The number of aromatic carboxylic acids is 1. The van der Waals surface area contributed by atoms with Gasteiger partial charge in [0.25, 0.3) is 5.91 Å². The third-order valence-corrected chi connectivity index (χ3v) is 4.35. The number of carboxylic acids is 1. The molecule has 1 aromatic carbocycles. The molecule has 7 heteroatoms. The predicted molar refractivity (Wildman–Crippen MR) is 92.9 cm³/mol. The molecule has 0 saturated carbocycles. The molecule has 2 aromatic rings. The van der Waals surface area contributed by atoms with E-state index in [-0.39, 0.29) is 22.5 Å². The van der Waals surface area contributed by atoms with E-state index in [1.165, 1.54) is 18.2 Å². The fourth-order valence-electron chi connectivity index (χ4n) is 2.61. The summed E-state index contributed by atoms with van der Waals surface area (Å²) in [5, 5.41) is 16.1. The number of benzene rings is 1. The average molecular weight is 350 g/mol. The van der Waals surface area contributed by atoms with Gasteiger partial charge in [-0.1, -0.05) is 25.4 Å². The van der Waals surface area contributed by atoms with E-state index in [4.69, 9.17) is 16.7 Å². The Bertz CT molecular complexity index is 766. The number of amides is 1. The minimum Gasteiger partial charge on any atom is -0.478 e. The molecule has 128 valence electrons. The molecule has 24 heavy (non-hydrogen) atoms. The summed E-state index contributed by atoms with van der Waals surface area (Å²) in [6.07, 6.45) is 3.43. The third kappa shape index (κ3) is 3.59. The van der Waals surface area contributed by atoms with E-state index in [1.54, 1.807) is 6.20 Å². The minimum atomic E-state index is -1.11. The van der Waals surface area contributed by atoms with Gasteiger partial charge in [0.05, 0.1) is 28.4 Å². The number of anilines is 1. The first kappa shape index (κ1) is 18.0. The summed E-state index contributed by atoms with van der Waals surface area (Å²) in [6, 6.07) is 4.55. The number of carbonyl (C=O) groups is 2. The maximum atomic E-state index is 12.5. The van der Waals surface area contributed by atoms with Crippen LogP contribution in [0.4, 0.5) is 5.69 Å². The second-order valence-corrected chi connectivity index (χ2v) is 5.92. The lowest BCUT2D eigenvalue weighted by Crippen LogP contribution is -2.15. The van der Waals surface area contributed by atoms with Gasteiger partial charge in [0.1, 0.15) is 0 Å². The maximum Gasteiger partial charge on any atom is 0.337 e. The number of halogens is 1. The molecule has 6 nitrogen and oxygen atoms in total. The fourth-order valence-corrected chi connectivity index (χ4v) is 2.88. The SMILES string of the molecule is CCC(CC)n1ncc(C(=O)Nc2ccc(C(=O)O)c(Cl)c2)c1C. The zero-order chi connectivity index (χ0) is 17.9. The van der Waals surface area contributed by atoms with Gasteiger partial charge in [-0.15, -0.1) is 0 Å². The molecule has 0 saturated heterocycles. The van der Waals surface area contributed by atoms with E-state index < -0.39 is 5.97 Å². The summed E-state index contributed by atoms with van der Waals surface area (Å²) in [5.41, 5.74) is 1.71. The van der Waals surface area contributed by atoms with Crippen LogP contribution in [0.3, 0.4) is 0 Å². The summed E-state index contributed by atoms with van der Waals surface area (Å²) in [4.78, 5) is 23.4. The Morgan fingerprint density at radius 1 is 1.29 bits per heavy atom. The Labute approximate surface area is 145 Å². The van der Waals surface area contributed by atoms with Crippen molar-refractivity contribution >= 4 is 29.2 Å². The molecule has 1 aromatic heterocycles. The summed E-state index contributed by atoms with van der Waals surface area (Å²) in [5.74, 6) is -1.41. The number of hydrogen-bond donors (Lipinski definition) is 2. The molecule has 1 heterocycles. The Kier molecular flexibility index (Phi) is 5.62. The van der Waals surface area contributed by atoms with Crippen molar-refractivity contribution in [2.45, 2.75) is 39.7 Å². The number of nitrogens with one attached hydrogen (secondary N) is 1. The first-order valence-corrected chi connectivity index (χ1v) is 8.15. The van der Waals surface area contributed by atoms with Crippen LogP contribution in [0.15, 0.2) is 24.4 Å². The molecule has 2 N–H and O–H groups in total. The maximum absolute atomic E-state index is 12.5. The van der Waals surface area contributed by atoms with Crippen molar-refractivity contribution in [1.29, 1.82) is 0 Å². The number of rotatable bonds is 6. The molecule has 0 fully saturated rings. The van der Waals surface area contributed by atoms with Gasteiger partial charge in [-0.3, -0.25) is 9.48 Å². The van der Waals surface area contributed by atoms with Crippen molar-refractivity contribution in [3.63, 3.8) is 0 Å². The van der Waals surface area contributed by atoms with Gasteiger partial charge in [0.2, 0.25) is 0 Å². The molecule has 0 bridgehead atoms. The summed E-state index contributed by atoms with van der Waals surface area (Å²) in [7, 11) is 0. The highest BCUT2D eigenvalue weighted by atomic mass is 35.5. The van der Waals surface area contributed by atoms with Crippen LogP contribution in [0.1, 0.15) is 59.1 Å². The van der Waals surface area contributed by atoms with Crippen LogP contribution in [0.2, 0.25) is 5.02 Å². The summed E-state index contributed by atoms with van der Waals surface area (Å²) >= 11 is 5.92. The van der Waals surface area contributed by atoms with E-state index in [9.17, 15) is 9.59 Å². The Balaban J connectivity index is 2.22. The van der Waals surface area contributed by atoms with Gasteiger partial charge >= 0.3 is 5.97 Å². The quantitative estimate of drug-likeness (QED) is 0.820. The van der Waals surface area contributed by atoms with E-state index in [1.807, 2.05) is 11.6 Å². The van der Waals surface area contributed by atoms with Crippen LogP contribution in [0.25, 0.3) is 0 Å². The number of aromatic nitrogens is 2. The van der Waals surface area contributed by atoms with Gasteiger partial charge in [0, 0.05) is 11.4 Å². The Morgan fingerprint density at radius 3 is 2.50 bits per heavy atom. The standard InChI is InChI=1S/C17H20ClN3O3/c1-4-12(5-2)21-10(3)14(9-19-21)16(22)20-11-6-7-13(17(23)24)15(18)8-11/h6-9,12H,4-5H2,1-3H3,(H,20,22)(H,23,24). The van der Waals surface area contributed by atoms with Gasteiger partial charge in [0.15, 0.2) is 0 Å². The van der Waals surface area contributed by atoms with Crippen LogP contribution in [-0.2, 0) is 0 Å². The van der Waals surface area contributed by atoms with E-state index in [0.29, 0.717) is 11.3 Å². The molecule has 0 spiro atoms. The largest absolute Gasteiger partial charge is 0.478 e. The van der Waals surface area contributed by atoms with Crippen LogP contribution < -0.4 is 5.32 Å². The topological polar surface area (TPSA) is 84.2 Å². The van der Waals surface area contributed by atoms with Gasteiger partial charge in [-0.2, -0.15) is 5.10 Å². The van der Waals surface area contributed by atoms with Gasteiger partial charge < -0.3 is 10.4 Å². The summed E-state index contributed by atoms with van der Waals surface area (Å²) in [6.45, 7) is 6.03. The van der Waals surface area contributed by atoms with Crippen LogP contribution >= 0.6 is 11.6 Å². The Hall–Kier alpha value is -2.34. The first-order chi connectivity index (χ1) is 11.4. The molecular formula is C17H20ClN3O3. The lowest BCUT2D eigenvalue weighted by molar-refractivity contribution is 0.0697. The third-order valence-electron chi connectivity index (χ3n) is 4.04. The van der Waals surface area contributed by atoms with Crippen molar-refractivity contribution in [2.24, 2.45) is 0 Å². The van der Waals surface area contributed by atoms with Crippen molar-refractivity contribution in [2.75, 3.05) is 5.32 Å². The smallest absolute Gasteiger partial charge is 0.337 e. The molecule has 1 amide bonds. The molecule has 0 radical (unpaired) electrons. The normalized spacial score (nSPS) is 10.9. The monoisotopic (exact) mass is 349 g/mol. The molecule has 0 atom stereocenters. The van der Waals surface area contributed by atoms with E-state index in [2.05, 4.69) is 24.3 Å². The number of carbonyl (C=O) groups excluding carboxylic acids is 1. The second kappa shape index (κ2) is 7.49. The highest BCUT2D eigenvalue weighted by Crippen LogP contribution is 2.23. The molecule has 2 rings (SSSR count). The van der Waals surface area contributed by atoms with E-state index in [0.717, 1.165) is 18.5 Å². The summed E-state index contributed by atoms with van der Waals surface area (Å²) < 4.78 is 1.87. The highest BCUT2D eigenvalue weighted by Gasteiger charge is 2.18. The van der Waals surface area contributed by atoms with Crippen LogP contribution in [0, 0.1) is 6.92 Å². The molecular weight excluding hydrogens is 330 g/mol. The second-order valence-electron chi connectivity index (χ2n) is 5.51. The zero-order valence-electron chi connectivity index (χ0n) is 13.8. The molecule has 0 aliphatic rings. The average Bonchev–Trinajstić information content (AvgIpc) is 2.90. The Morgan fingerprint density at radius 2 is 1.96 bits per heavy atom. The van der Waals surface area contributed by atoms with Crippen molar-refractivity contribution < 1.29 is 14.7 Å². The molecule has 0 aliphatic heterocycles. The van der Waals surface area contributed by atoms with Crippen molar-refractivity contribution in [1.82, 2.24) is 9.78 Å². The van der Waals surface area contributed by atoms with Gasteiger partial charge in [-0.25, -0.2) is 4.79 Å². The number of nitrogens with zero attached hydrogens (tertiary/aromatic N) is 2. The highest BCUT2D eigenvalue weighted by molar-refractivity contribution is 6.33. The van der Waals surface area contributed by atoms with Crippen molar-refractivity contribution in [3.05, 3.63) is 46.2 Å². The molecule has 0 aliphatic carbocycles. The molecule has 0 unspecified atom stereocenters. The fraction of sp³-hybridized carbons (Fsp3) is 0.353. The van der Waals surface area contributed by atoms with Crippen molar-refractivity contribution in [3.8, 4) is 0 Å². The lowest BCUT2D eigenvalue weighted by Gasteiger charge is -2.15. The number of hydrogen-bond acceptors (Lipinski definition) is 3. The zero-order valence-corrected chi connectivity index (χ0v) is 14.6. The first-order valence-electron chi connectivity index (χ1n) is 7.77. The van der Waals surface area contributed by atoms with E-state index >= 15 is 0 Å². The number of carboxylic acid groups (broad SMARTS) is 1. The lowest BCUT2D eigenvalue weighted by atomic mass is 10.1.